The van der Waals surface area contributed by atoms with Crippen LogP contribution in [0.25, 0.3) is 0 Å². The van der Waals surface area contributed by atoms with Crippen molar-refractivity contribution in [3.05, 3.63) is 12.2 Å². The van der Waals surface area contributed by atoms with Crippen molar-refractivity contribution in [2.24, 2.45) is 0 Å². The van der Waals surface area contributed by atoms with Crippen molar-refractivity contribution < 1.29 is 4.79 Å². The van der Waals surface area contributed by atoms with E-state index < -0.39 is 0 Å². The maximum atomic E-state index is 11.5. The molecule has 0 aliphatic rings. The highest BCUT2D eigenvalue weighted by molar-refractivity contribution is 5.75. The number of nitrogens with one attached hydrogen (secondary N) is 2. The first kappa shape index (κ1) is 23.2. The Kier molecular flexibility index (Phi) is 19.5. The average Bonchev–Trinajstić information content (AvgIpc) is 2.58. The number of rotatable bonds is 18. The Labute approximate surface area is 151 Å². The molecule has 0 aliphatic heterocycles. The molecule has 1 amide bonds. The Morgan fingerprint density at radius 3 is 1.83 bits per heavy atom. The average molecular weight is 339 g/mol. The Morgan fingerprint density at radius 1 is 0.708 bits per heavy atom. The molecule has 0 saturated carbocycles. The zero-order valence-corrected chi connectivity index (χ0v) is 16.4. The number of hydrogen-bond acceptors (Lipinski definition) is 2. The van der Waals surface area contributed by atoms with Crippen LogP contribution in [0.1, 0.15) is 110 Å². The van der Waals surface area contributed by atoms with Gasteiger partial charge in [0.25, 0.3) is 0 Å². The largest absolute Gasteiger partial charge is 0.292 e. The lowest BCUT2D eigenvalue weighted by molar-refractivity contribution is -0.122. The van der Waals surface area contributed by atoms with Crippen LogP contribution in [0.5, 0.6) is 0 Å². The second kappa shape index (κ2) is 20.2. The molecule has 24 heavy (non-hydrogen) atoms. The topological polar surface area (TPSA) is 41.1 Å². The van der Waals surface area contributed by atoms with E-state index in [1.54, 1.807) is 0 Å². The van der Waals surface area contributed by atoms with E-state index in [9.17, 15) is 4.79 Å². The van der Waals surface area contributed by atoms with Crippen LogP contribution in [0.3, 0.4) is 0 Å². The Bertz CT molecular complexity index is 290. The maximum Gasteiger partial charge on any atom is 0.234 e. The van der Waals surface area contributed by atoms with Gasteiger partial charge in [0.05, 0.1) is 0 Å². The molecular weight excluding hydrogens is 296 g/mol. The second-order valence-electron chi connectivity index (χ2n) is 6.81. The maximum absolute atomic E-state index is 11.5. The standard InChI is InChI=1S/C21H42N2O/c1-3-5-6-7-8-9-10-11-12-13-14-15-16-17-18-19-21(24)23-22-20-4-2/h11-12,22H,3-10,13-20H2,1-2H3,(H,23,24). The van der Waals surface area contributed by atoms with E-state index in [4.69, 9.17) is 0 Å². The number of hydrazine groups is 1. The molecule has 3 nitrogen and oxygen atoms in total. The normalized spacial score (nSPS) is 11.2. The van der Waals surface area contributed by atoms with Crippen molar-refractivity contribution in [1.82, 2.24) is 10.9 Å². The van der Waals surface area contributed by atoms with Gasteiger partial charge >= 0.3 is 0 Å². The van der Waals surface area contributed by atoms with E-state index in [0.717, 1.165) is 19.4 Å². The molecule has 3 heteroatoms. The van der Waals surface area contributed by atoms with Crippen molar-refractivity contribution in [3.63, 3.8) is 0 Å². The number of amides is 1. The van der Waals surface area contributed by atoms with Gasteiger partial charge in [-0.25, -0.2) is 5.43 Å². The van der Waals surface area contributed by atoms with Crippen LogP contribution in [0.2, 0.25) is 0 Å². The molecule has 0 aromatic heterocycles. The van der Waals surface area contributed by atoms with Crippen LogP contribution in [0.4, 0.5) is 0 Å². The highest BCUT2D eigenvalue weighted by atomic mass is 16.2. The van der Waals surface area contributed by atoms with Crippen molar-refractivity contribution >= 4 is 5.91 Å². The smallest absolute Gasteiger partial charge is 0.234 e. The fourth-order valence-corrected chi connectivity index (χ4v) is 2.70. The summed E-state index contributed by atoms with van der Waals surface area (Å²) in [6, 6.07) is 0. The fourth-order valence-electron chi connectivity index (χ4n) is 2.70. The second-order valence-corrected chi connectivity index (χ2v) is 6.81. The number of unbranched alkanes of at least 4 members (excludes halogenated alkanes) is 11. The Hall–Kier alpha value is -0.830. The van der Waals surface area contributed by atoms with Crippen LogP contribution in [0.15, 0.2) is 12.2 Å². The minimum atomic E-state index is 0.126. The lowest BCUT2D eigenvalue weighted by atomic mass is 10.1. The highest BCUT2D eigenvalue weighted by Crippen LogP contribution is 2.09. The molecule has 0 fully saturated rings. The van der Waals surface area contributed by atoms with Gasteiger partial charge in [0.15, 0.2) is 0 Å². The third-order valence-corrected chi connectivity index (χ3v) is 4.27. The van der Waals surface area contributed by atoms with Crippen LogP contribution < -0.4 is 10.9 Å². The van der Waals surface area contributed by atoms with Crippen molar-refractivity contribution in [2.45, 2.75) is 110 Å². The summed E-state index contributed by atoms with van der Waals surface area (Å²) in [4.78, 5) is 11.5. The first-order valence-electron chi connectivity index (χ1n) is 10.5. The molecule has 0 aromatic carbocycles. The monoisotopic (exact) mass is 338 g/mol. The summed E-state index contributed by atoms with van der Waals surface area (Å²) in [7, 11) is 0. The Morgan fingerprint density at radius 2 is 1.25 bits per heavy atom. The predicted octanol–water partition coefficient (Wildman–Crippen LogP) is 6.05. The van der Waals surface area contributed by atoms with Crippen LogP contribution in [0, 0.1) is 0 Å². The molecule has 142 valence electrons. The van der Waals surface area contributed by atoms with Crippen LogP contribution in [-0.2, 0) is 4.79 Å². The van der Waals surface area contributed by atoms with Crippen molar-refractivity contribution in [2.75, 3.05) is 6.54 Å². The number of carbonyl (C=O) groups is 1. The molecule has 2 N–H and O–H groups in total. The lowest BCUT2D eigenvalue weighted by Crippen LogP contribution is -2.37. The van der Waals surface area contributed by atoms with Crippen molar-refractivity contribution in [3.8, 4) is 0 Å². The highest BCUT2D eigenvalue weighted by Gasteiger charge is 1.99. The zero-order chi connectivity index (χ0) is 17.7. The molecule has 0 atom stereocenters. The zero-order valence-electron chi connectivity index (χ0n) is 16.4. The predicted molar refractivity (Wildman–Crippen MR) is 106 cm³/mol. The van der Waals surface area contributed by atoms with Gasteiger partial charge in [-0.2, -0.15) is 0 Å². The SMILES string of the molecule is CCCCCCCCC=CCCCCCCCC(=O)NNCCC. The van der Waals surface area contributed by atoms with Gasteiger partial charge in [0.2, 0.25) is 5.91 Å². The molecule has 0 spiro atoms. The molecule has 0 bridgehead atoms. The molecular formula is C21H42N2O. The van der Waals surface area contributed by atoms with E-state index in [2.05, 4.69) is 36.9 Å². The quantitative estimate of drug-likeness (QED) is 0.181. The van der Waals surface area contributed by atoms with Crippen molar-refractivity contribution in [1.29, 1.82) is 0 Å². The molecule has 0 unspecified atom stereocenters. The number of carbonyl (C=O) groups excluding carboxylic acids is 1. The lowest BCUT2D eigenvalue weighted by Gasteiger charge is -2.05. The third kappa shape index (κ3) is 19.2. The molecule has 0 rings (SSSR count). The van der Waals surface area contributed by atoms with Gasteiger partial charge in [-0.1, -0.05) is 77.4 Å². The van der Waals surface area contributed by atoms with E-state index >= 15 is 0 Å². The molecule has 0 radical (unpaired) electrons. The van der Waals surface area contributed by atoms with Gasteiger partial charge in [0.1, 0.15) is 0 Å². The van der Waals surface area contributed by atoms with E-state index in [1.165, 1.54) is 77.0 Å². The minimum Gasteiger partial charge on any atom is -0.292 e. The van der Waals surface area contributed by atoms with Gasteiger partial charge in [-0.3, -0.25) is 10.2 Å². The summed E-state index contributed by atoms with van der Waals surface area (Å²) in [5.74, 6) is 0.126. The fraction of sp³-hybridized carbons (Fsp3) is 0.857. The van der Waals surface area contributed by atoms with Gasteiger partial charge < -0.3 is 0 Å². The molecule has 0 aromatic rings. The van der Waals surface area contributed by atoms with Gasteiger partial charge in [-0.15, -0.1) is 0 Å². The summed E-state index contributed by atoms with van der Waals surface area (Å²) >= 11 is 0. The van der Waals surface area contributed by atoms with Crippen LogP contribution in [-0.4, -0.2) is 12.5 Å². The first-order chi connectivity index (χ1) is 11.8. The molecule has 0 saturated heterocycles. The number of hydrogen-bond donors (Lipinski definition) is 2. The molecule has 0 aliphatic carbocycles. The van der Waals surface area contributed by atoms with Gasteiger partial charge in [-0.05, 0) is 38.5 Å². The first-order valence-corrected chi connectivity index (χ1v) is 10.5. The number of allylic oxidation sites excluding steroid dienone is 2. The summed E-state index contributed by atoms with van der Waals surface area (Å²) in [6.07, 6.45) is 23.2. The Balaban J connectivity index is 3.16. The summed E-state index contributed by atoms with van der Waals surface area (Å²) in [5.41, 5.74) is 5.66. The minimum absolute atomic E-state index is 0.126. The summed E-state index contributed by atoms with van der Waals surface area (Å²) in [5, 5.41) is 0. The van der Waals surface area contributed by atoms with Crippen LogP contribution >= 0.6 is 0 Å². The van der Waals surface area contributed by atoms with E-state index in [0.29, 0.717) is 6.42 Å². The third-order valence-electron chi connectivity index (χ3n) is 4.27. The summed E-state index contributed by atoms with van der Waals surface area (Å²) in [6.45, 7) is 5.20. The van der Waals surface area contributed by atoms with E-state index in [1.807, 2.05) is 0 Å². The van der Waals surface area contributed by atoms with Gasteiger partial charge in [0, 0.05) is 13.0 Å². The molecule has 0 heterocycles. The van der Waals surface area contributed by atoms with E-state index in [-0.39, 0.29) is 5.91 Å². The summed E-state index contributed by atoms with van der Waals surface area (Å²) < 4.78 is 0.